The summed E-state index contributed by atoms with van der Waals surface area (Å²) in [6, 6.07) is 6.70. The molecule has 1 amide bonds. The Morgan fingerprint density at radius 3 is 2.63 bits per heavy atom. The molecule has 3 rings (SSSR count). The quantitative estimate of drug-likeness (QED) is 0.788. The molecule has 0 fully saturated rings. The van der Waals surface area contributed by atoms with Crippen LogP contribution in [0.5, 0.6) is 0 Å². The molecule has 0 bridgehead atoms. The smallest absolute Gasteiger partial charge is 0.407 e. The van der Waals surface area contributed by atoms with Crippen molar-refractivity contribution in [2.45, 2.75) is 33.4 Å². The molecule has 2 aromatic rings. The van der Waals surface area contributed by atoms with Crippen molar-refractivity contribution in [3.63, 3.8) is 0 Å². The van der Waals surface area contributed by atoms with Gasteiger partial charge in [-0.05, 0) is 50.1 Å². The summed E-state index contributed by atoms with van der Waals surface area (Å²) in [7, 11) is 0. The van der Waals surface area contributed by atoms with Crippen LogP contribution in [0, 0.1) is 13.8 Å². The summed E-state index contributed by atoms with van der Waals surface area (Å²) < 4.78 is 2.28. The minimum absolute atomic E-state index is 0.180. The van der Waals surface area contributed by atoms with Crippen molar-refractivity contribution in [3.05, 3.63) is 35.0 Å². The van der Waals surface area contributed by atoms with E-state index in [4.69, 9.17) is 5.11 Å². The maximum atomic E-state index is 11.1. The summed E-state index contributed by atoms with van der Waals surface area (Å²) >= 11 is 0. The fraction of sp³-hybridized carbons (Fsp3) is 0.400. The topological polar surface area (TPSA) is 45.5 Å². The highest BCUT2D eigenvalue weighted by Gasteiger charge is 2.26. The molecule has 0 saturated heterocycles. The third-order valence-corrected chi connectivity index (χ3v) is 4.08. The van der Waals surface area contributed by atoms with Gasteiger partial charge < -0.3 is 14.6 Å². The maximum absolute atomic E-state index is 11.1. The molecule has 1 aliphatic rings. The summed E-state index contributed by atoms with van der Waals surface area (Å²) in [5.41, 5.74) is 4.86. The fourth-order valence-electron chi connectivity index (χ4n) is 3.00. The second-order valence-corrected chi connectivity index (χ2v) is 5.51. The molecule has 0 unspecified atom stereocenters. The van der Waals surface area contributed by atoms with Gasteiger partial charge >= 0.3 is 6.09 Å². The number of fused-ring (bicyclic) bond motifs is 3. The van der Waals surface area contributed by atoms with Crippen LogP contribution >= 0.6 is 0 Å². The maximum Gasteiger partial charge on any atom is 0.407 e. The van der Waals surface area contributed by atoms with E-state index in [9.17, 15) is 4.79 Å². The number of aromatic nitrogens is 1. The van der Waals surface area contributed by atoms with Gasteiger partial charge in [-0.3, -0.25) is 0 Å². The number of benzene rings is 1. The Morgan fingerprint density at radius 1 is 1.26 bits per heavy atom. The van der Waals surface area contributed by atoms with E-state index in [1.165, 1.54) is 26.9 Å². The van der Waals surface area contributed by atoms with E-state index in [0.29, 0.717) is 13.1 Å². The Morgan fingerprint density at radius 2 is 1.95 bits per heavy atom. The van der Waals surface area contributed by atoms with Crippen molar-refractivity contribution in [1.82, 2.24) is 9.47 Å². The van der Waals surface area contributed by atoms with Crippen LogP contribution in [0.3, 0.4) is 0 Å². The number of rotatable bonds is 0. The van der Waals surface area contributed by atoms with E-state index in [2.05, 4.69) is 43.5 Å². The highest BCUT2D eigenvalue weighted by atomic mass is 16.4. The van der Waals surface area contributed by atoms with Gasteiger partial charge in [-0.2, -0.15) is 0 Å². The van der Waals surface area contributed by atoms with E-state index in [0.717, 1.165) is 5.69 Å². The monoisotopic (exact) mass is 258 g/mol. The molecule has 1 N–H and O–H groups in total. The van der Waals surface area contributed by atoms with Gasteiger partial charge in [0.2, 0.25) is 0 Å². The van der Waals surface area contributed by atoms with Crippen molar-refractivity contribution < 1.29 is 9.90 Å². The molecule has 4 heteroatoms. The minimum atomic E-state index is -0.837. The van der Waals surface area contributed by atoms with E-state index in [-0.39, 0.29) is 6.04 Å². The van der Waals surface area contributed by atoms with Gasteiger partial charge in [0, 0.05) is 29.2 Å². The van der Waals surface area contributed by atoms with E-state index >= 15 is 0 Å². The lowest BCUT2D eigenvalue weighted by atomic mass is 10.1. The van der Waals surface area contributed by atoms with Gasteiger partial charge in [0.25, 0.3) is 0 Å². The van der Waals surface area contributed by atoms with Gasteiger partial charge in [0.1, 0.15) is 0 Å². The molecule has 1 aromatic heterocycles. The standard InChI is InChI=1S/C15H18N2O2/c1-9-4-12-6-13-8-16(15(18)19)7-11(3)17(13)14(12)5-10(9)2/h4-6,11H,7-8H2,1-3H3,(H,18,19)/t11-/m1/s1. The first-order valence-corrected chi connectivity index (χ1v) is 6.56. The van der Waals surface area contributed by atoms with Crippen molar-refractivity contribution in [1.29, 1.82) is 0 Å². The number of hydrogen-bond acceptors (Lipinski definition) is 1. The summed E-state index contributed by atoms with van der Waals surface area (Å²) in [6.07, 6.45) is -0.837. The van der Waals surface area contributed by atoms with Crippen molar-refractivity contribution >= 4 is 17.0 Å². The van der Waals surface area contributed by atoms with Gasteiger partial charge in [-0.25, -0.2) is 4.79 Å². The average Bonchev–Trinajstić information content (AvgIpc) is 2.67. The van der Waals surface area contributed by atoms with Crippen LogP contribution in [0.1, 0.15) is 29.8 Å². The molecular formula is C15H18N2O2. The molecule has 4 nitrogen and oxygen atoms in total. The summed E-state index contributed by atoms with van der Waals surface area (Å²) in [5.74, 6) is 0. The van der Waals surface area contributed by atoms with Crippen LogP contribution in [-0.2, 0) is 6.54 Å². The lowest BCUT2D eigenvalue weighted by Crippen LogP contribution is -2.39. The zero-order valence-electron chi connectivity index (χ0n) is 11.5. The summed E-state index contributed by atoms with van der Waals surface area (Å²) in [5, 5.41) is 10.4. The lowest BCUT2D eigenvalue weighted by molar-refractivity contribution is 0.126. The van der Waals surface area contributed by atoms with Crippen LogP contribution in [0.25, 0.3) is 10.9 Å². The number of carboxylic acid groups (broad SMARTS) is 1. The zero-order chi connectivity index (χ0) is 13.7. The number of carbonyl (C=O) groups is 1. The second kappa shape index (κ2) is 4.02. The van der Waals surface area contributed by atoms with Crippen LogP contribution in [0.2, 0.25) is 0 Å². The van der Waals surface area contributed by atoms with Crippen LogP contribution in [-0.4, -0.2) is 27.2 Å². The minimum Gasteiger partial charge on any atom is -0.465 e. The second-order valence-electron chi connectivity index (χ2n) is 5.51. The van der Waals surface area contributed by atoms with Crippen molar-refractivity contribution in [3.8, 4) is 0 Å². The highest BCUT2D eigenvalue weighted by Crippen LogP contribution is 2.31. The number of hydrogen-bond donors (Lipinski definition) is 1. The van der Waals surface area contributed by atoms with Crippen LogP contribution in [0.4, 0.5) is 4.79 Å². The van der Waals surface area contributed by atoms with Gasteiger partial charge in [0.05, 0.1) is 6.54 Å². The van der Waals surface area contributed by atoms with Gasteiger partial charge in [-0.1, -0.05) is 0 Å². The van der Waals surface area contributed by atoms with Gasteiger partial charge in [0.15, 0.2) is 0 Å². The molecule has 0 saturated carbocycles. The number of amides is 1. The van der Waals surface area contributed by atoms with Crippen LogP contribution in [0.15, 0.2) is 18.2 Å². The molecule has 2 heterocycles. The predicted molar refractivity (Wildman–Crippen MR) is 74.6 cm³/mol. The molecule has 0 aliphatic carbocycles. The Bertz CT molecular complexity index is 672. The Labute approximate surface area is 112 Å². The largest absolute Gasteiger partial charge is 0.465 e. The normalized spacial score (nSPS) is 18.7. The van der Waals surface area contributed by atoms with Crippen molar-refractivity contribution in [2.75, 3.05) is 6.54 Å². The third-order valence-electron chi connectivity index (χ3n) is 4.08. The zero-order valence-corrected chi connectivity index (χ0v) is 11.5. The van der Waals surface area contributed by atoms with Crippen molar-refractivity contribution in [2.24, 2.45) is 0 Å². The highest BCUT2D eigenvalue weighted by molar-refractivity contribution is 5.83. The average molecular weight is 258 g/mol. The Kier molecular flexibility index (Phi) is 2.55. The molecule has 0 radical (unpaired) electrons. The fourth-order valence-corrected chi connectivity index (χ4v) is 3.00. The number of nitrogens with zero attached hydrogens (tertiary/aromatic N) is 2. The Balaban J connectivity index is 2.18. The molecule has 0 spiro atoms. The summed E-state index contributed by atoms with van der Waals surface area (Å²) in [4.78, 5) is 12.6. The van der Waals surface area contributed by atoms with E-state index < -0.39 is 6.09 Å². The van der Waals surface area contributed by atoms with E-state index in [1.54, 1.807) is 0 Å². The lowest BCUT2D eigenvalue weighted by Gasteiger charge is -2.31. The first kappa shape index (κ1) is 12.1. The van der Waals surface area contributed by atoms with Gasteiger partial charge in [-0.15, -0.1) is 0 Å². The molecular weight excluding hydrogens is 240 g/mol. The van der Waals surface area contributed by atoms with Crippen LogP contribution < -0.4 is 0 Å². The molecule has 19 heavy (non-hydrogen) atoms. The number of aryl methyl sites for hydroxylation is 2. The third kappa shape index (κ3) is 1.79. The molecule has 1 aromatic carbocycles. The SMILES string of the molecule is Cc1cc2cc3n(c2cc1C)[C@H](C)CN(C(=O)O)C3. The molecule has 1 aliphatic heterocycles. The molecule has 100 valence electrons. The van der Waals surface area contributed by atoms with E-state index in [1.807, 2.05) is 0 Å². The predicted octanol–water partition coefficient (Wildman–Crippen LogP) is 3.31. The first-order chi connectivity index (χ1) is 8.97. The molecule has 1 atom stereocenters. The Hall–Kier alpha value is -1.97. The first-order valence-electron chi connectivity index (χ1n) is 6.56. The summed E-state index contributed by atoms with van der Waals surface area (Å²) in [6.45, 7) is 7.34.